The second kappa shape index (κ2) is 6.98. The van der Waals surface area contributed by atoms with Crippen LogP contribution in [0.2, 0.25) is 0 Å². The van der Waals surface area contributed by atoms with E-state index in [9.17, 15) is 0 Å². The van der Waals surface area contributed by atoms with E-state index in [4.69, 9.17) is 5.26 Å². The molecule has 0 aromatic carbocycles. The van der Waals surface area contributed by atoms with Gasteiger partial charge in [0.25, 0.3) is 0 Å². The van der Waals surface area contributed by atoms with Crippen molar-refractivity contribution >= 4 is 0 Å². The highest BCUT2D eigenvalue weighted by molar-refractivity contribution is 4.91. The Balaban J connectivity index is 2.20. The number of hydrogen-bond acceptors (Lipinski definition) is 3. The number of hydrogen-bond donors (Lipinski definition) is 1. The highest BCUT2D eigenvalue weighted by atomic mass is 15.1. The van der Waals surface area contributed by atoms with Crippen LogP contribution in [0.25, 0.3) is 0 Å². The standard InChI is InChI=1S/C14H27N3/c1-4-17(11-13-7-5-9-16-13)10-6-8-14(2,3)12-15/h13,16H,4-11H2,1-3H3. The van der Waals surface area contributed by atoms with Crippen molar-refractivity contribution in [2.45, 2.75) is 52.5 Å². The van der Waals surface area contributed by atoms with Crippen molar-refractivity contribution in [3.05, 3.63) is 0 Å². The summed E-state index contributed by atoms with van der Waals surface area (Å²) in [5, 5.41) is 12.5. The molecule has 0 aromatic heterocycles. The molecule has 0 radical (unpaired) electrons. The molecular weight excluding hydrogens is 210 g/mol. The van der Waals surface area contributed by atoms with Crippen molar-refractivity contribution in [1.82, 2.24) is 10.2 Å². The third-order valence-corrected chi connectivity index (χ3v) is 3.67. The molecule has 1 heterocycles. The lowest BCUT2D eigenvalue weighted by atomic mass is 9.90. The first-order chi connectivity index (χ1) is 8.07. The first-order valence-electron chi connectivity index (χ1n) is 6.94. The summed E-state index contributed by atoms with van der Waals surface area (Å²) in [4.78, 5) is 2.51. The zero-order valence-corrected chi connectivity index (χ0v) is 11.6. The second-order valence-electron chi connectivity index (χ2n) is 5.79. The summed E-state index contributed by atoms with van der Waals surface area (Å²) in [6.07, 6.45) is 4.77. The van der Waals surface area contributed by atoms with Crippen molar-refractivity contribution in [2.75, 3.05) is 26.2 Å². The van der Waals surface area contributed by atoms with E-state index < -0.39 is 0 Å². The number of nitrogens with zero attached hydrogens (tertiary/aromatic N) is 2. The summed E-state index contributed by atoms with van der Waals surface area (Å²) >= 11 is 0. The van der Waals surface area contributed by atoms with Crippen LogP contribution in [0, 0.1) is 16.7 Å². The third-order valence-electron chi connectivity index (χ3n) is 3.67. The van der Waals surface area contributed by atoms with E-state index in [0.29, 0.717) is 6.04 Å². The van der Waals surface area contributed by atoms with Gasteiger partial charge in [0.1, 0.15) is 0 Å². The van der Waals surface area contributed by atoms with Crippen molar-refractivity contribution < 1.29 is 0 Å². The quantitative estimate of drug-likeness (QED) is 0.739. The molecule has 17 heavy (non-hydrogen) atoms. The fraction of sp³-hybridized carbons (Fsp3) is 0.929. The number of rotatable bonds is 7. The van der Waals surface area contributed by atoms with E-state index in [1.165, 1.54) is 25.9 Å². The van der Waals surface area contributed by atoms with Crippen molar-refractivity contribution in [3.63, 3.8) is 0 Å². The van der Waals surface area contributed by atoms with E-state index >= 15 is 0 Å². The van der Waals surface area contributed by atoms with Gasteiger partial charge in [0.05, 0.1) is 11.5 Å². The van der Waals surface area contributed by atoms with Crippen molar-refractivity contribution in [2.24, 2.45) is 5.41 Å². The number of likely N-dealkylation sites (N-methyl/N-ethyl adjacent to an activating group) is 1. The minimum atomic E-state index is -0.162. The van der Waals surface area contributed by atoms with Gasteiger partial charge in [-0.2, -0.15) is 5.26 Å². The Morgan fingerprint density at radius 1 is 1.47 bits per heavy atom. The van der Waals surface area contributed by atoms with Crippen LogP contribution in [0.5, 0.6) is 0 Å². The van der Waals surface area contributed by atoms with E-state index in [0.717, 1.165) is 25.9 Å². The first kappa shape index (κ1) is 14.5. The molecule has 0 saturated carbocycles. The van der Waals surface area contributed by atoms with Crippen molar-refractivity contribution in [1.29, 1.82) is 5.26 Å². The van der Waals surface area contributed by atoms with Crippen molar-refractivity contribution in [3.8, 4) is 6.07 Å². The maximum atomic E-state index is 8.97. The van der Waals surface area contributed by atoms with Crippen LogP contribution in [0.3, 0.4) is 0 Å². The summed E-state index contributed by atoms with van der Waals surface area (Å²) in [6, 6.07) is 3.07. The molecule has 0 aromatic rings. The predicted molar refractivity (Wildman–Crippen MR) is 71.8 cm³/mol. The van der Waals surface area contributed by atoms with Gasteiger partial charge in [0, 0.05) is 12.6 Å². The average molecular weight is 237 g/mol. The van der Waals surface area contributed by atoms with Crippen LogP contribution in [0.15, 0.2) is 0 Å². The Kier molecular flexibility index (Phi) is 5.94. The minimum absolute atomic E-state index is 0.162. The molecule has 1 aliphatic rings. The predicted octanol–water partition coefficient (Wildman–Crippen LogP) is 2.39. The molecule has 1 N–H and O–H groups in total. The van der Waals surface area contributed by atoms with Crippen LogP contribution < -0.4 is 5.32 Å². The van der Waals surface area contributed by atoms with Crippen LogP contribution in [-0.2, 0) is 0 Å². The lowest BCUT2D eigenvalue weighted by Crippen LogP contribution is -2.38. The van der Waals surface area contributed by atoms with Crippen LogP contribution >= 0.6 is 0 Å². The molecule has 1 atom stereocenters. The monoisotopic (exact) mass is 237 g/mol. The summed E-state index contributed by atoms with van der Waals surface area (Å²) in [5.74, 6) is 0. The molecular formula is C14H27N3. The number of nitrogens with one attached hydrogen (secondary N) is 1. The van der Waals surface area contributed by atoms with Gasteiger partial charge < -0.3 is 10.2 Å². The molecule has 0 aliphatic carbocycles. The van der Waals surface area contributed by atoms with E-state index in [2.05, 4.69) is 23.2 Å². The summed E-state index contributed by atoms with van der Waals surface area (Å²) in [6.45, 7) is 10.9. The molecule has 0 spiro atoms. The molecule has 98 valence electrons. The zero-order valence-electron chi connectivity index (χ0n) is 11.6. The SMILES string of the molecule is CCN(CCCC(C)(C)C#N)CC1CCCN1. The second-order valence-corrected chi connectivity index (χ2v) is 5.79. The molecule has 1 unspecified atom stereocenters. The van der Waals surface area contributed by atoms with Gasteiger partial charge in [-0.25, -0.2) is 0 Å². The van der Waals surface area contributed by atoms with Gasteiger partial charge in [0.2, 0.25) is 0 Å². The number of nitriles is 1. The largest absolute Gasteiger partial charge is 0.313 e. The Hall–Kier alpha value is -0.590. The third kappa shape index (κ3) is 5.52. The van der Waals surface area contributed by atoms with E-state index in [-0.39, 0.29) is 5.41 Å². The average Bonchev–Trinajstić information content (AvgIpc) is 2.80. The molecule has 3 nitrogen and oxygen atoms in total. The lowest BCUT2D eigenvalue weighted by molar-refractivity contribution is 0.246. The molecule has 1 fully saturated rings. The molecule has 0 bridgehead atoms. The lowest BCUT2D eigenvalue weighted by Gasteiger charge is -2.25. The summed E-state index contributed by atoms with van der Waals surface area (Å²) in [7, 11) is 0. The molecule has 1 saturated heterocycles. The Labute approximate surface area is 106 Å². The normalized spacial score (nSPS) is 20.8. The van der Waals surface area contributed by atoms with E-state index in [1.807, 2.05) is 13.8 Å². The van der Waals surface area contributed by atoms with Gasteiger partial charge in [-0.15, -0.1) is 0 Å². The minimum Gasteiger partial charge on any atom is -0.313 e. The highest BCUT2D eigenvalue weighted by Crippen LogP contribution is 2.20. The topological polar surface area (TPSA) is 39.1 Å². The maximum Gasteiger partial charge on any atom is 0.0683 e. The maximum absolute atomic E-state index is 8.97. The Bertz CT molecular complexity index is 249. The first-order valence-corrected chi connectivity index (χ1v) is 6.94. The van der Waals surface area contributed by atoms with Gasteiger partial charge in [-0.3, -0.25) is 0 Å². The molecule has 0 amide bonds. The van der Waals surface area contributed by atoms with Crippen LogP contribution in [0.1, 0.15) is 46.5 Å². The van der Waals surface area contributed by atoms with Crippen LogP contribution in [0.4, 0.5) is 0 Å². The van der Waals surface area contributed by atoms with Gasteiger partial charge in [-0.1, -0.05) is 6.92 Å². The summed E-state index contributed by atoms with van der Waals surface area (Å²) < 4.78 is 0. The molecule has 1 rings (SSSR count). The van der Waals surface area contributed by atoms with Gasteiger partial charge >= 0.3 is 0 Å². The fourth-order valence-corrected chi connectivity index (χ4v) is 2.40. The smallest absolute Gasteiger partial charge is 0.0683 e. The van der Waals surface area contributed by atoms with E-state index in [1.54, 1.807) is 0 Å². The van der Waals surface area contributed by atoms with Gasteiger partial charge in [-0.05, 0) is 59.2 Å². The Morgan fingerprint density at radius 2 is 2.24 bits per heavy atom. The Morgan fingerprint density at radius 3 is 2.76 bits per heavy atom. The molecule has 1 aliphatic heterocycles. The highest BCUT2D eigenvalue weighted by Gasteiger charge is 2.19. The fourth-order valence-electron chi connectivity index (χ4n) is 2.40. The van der Waals surface area contributed by atoms with Gasteiger partial charge in [0.15, 0.2) is 0 Å². The van der Waals surface area contributed by atoms with Crippen LogP contribution in [-0.4, -0.2) is 37.1 Å². The zero-order chi connectivity index (χ0) is 12.7. The molecule has 3 heteroatoms. The summed E-state index contributed by atoms with van der Waals surface area (Å²) in [5.41, 5.74) is -0.162.